The number of hydrogen-bond acceptors (Lipinski definition) is 4. The highest BCUT2D eigenvalue weighted by atomic mass is 19.1. The number of ether oxygens (including phenoxy) is 1. The number of nitro groups is 1. The minimum atomic E-state index is -0.823. The van der Waals surface area contributed by atoms with E-state index in [4.69, 9.17) is 4.74 Å². The number of nitrogens with zero attached hydrogens (tertiary/aromatic N) is 1. The first kappa shape index (κ1) is 14.7. The molecule has 0 aliphatic heterocycles. The fraction of sp³-hybridized carbons (Fsp3) is 0.143. The van der Waals surface area contributed by atoms with Crippen molar-refractivity contribution in [1.82, 2.24) is 0 Å². The summed E-state index contributed by atoms with van der Waals surface area (Å²) in [6, 6.07) is 7.76. The molecule has 0 saturated carbocycles. The van der Waals surface area contributed by atoms with Crippen LogP contribution in [0.3, 0.4) is 0 Å². The molecule has 7 heteroatoms. The molecule has 0 radical (unpaired) electrons. The van der Waals surface area contributed by atoms with Crippen LogP contribution in [0.4, 0.5) is 20.2 Å². The second-order valence-corrected chi connectivity index (χ2v) is 4.20. The van der Waals surface area contributed by atoms with E-state index in [0.717, 1.165) is 12.1 Å². The normalized spacial score (nSPS) is 10.2. The molecule has 0 amide bonds. The summed E-state index contributed by atoms with van der Waals surface area (Å²) in [5.74, 6) is -2.15. The summed E-state index contributed by atoms with van der Waals surface area (Å²) < 4.78 is 31.9. The molecule has 2 aromatic rings. The number of nitro benzene ring substituents is 1. The van der Waals surface area contributed by atoms with Crippen LogP contribution in [0, 0.1) is 21.7 Å². The third kappa shape index (κ3) is 3.25. The van der Waals surface area contributed by atoms with Crippen molar-refractivity contribution < 1.29 is 18.4 Å². The Balaban J connectivity index is 2.21. The molecule has 0 fully saturated rings. The maximum atomic E-state index is 13.4. The predicted octanol–water partition coefficient (Wildman–Crippen LogP) is 3.49. The van der Waals surface area contributed by atoms with E-state index in [9.17, 15) is 18.9 Å². The van der Waals surface area contributed by atoms with Crippen molar-refractivity contribution in [2.75, 3.05) is 12.4 Å². The van der Waals surface area contributed by atoms with Crippen LogP contribution in [0.25, 0.3) is 0 Å². The molecule has 0 aromatic heterocycles. The van der Waals surface area contributed by atoms with Crippen molar-refractivity contribution in [3.05, 3.63) is 63.7 Å². The Kier molecular flexibility index (Phi) is 4.32. The molecule has 1 N–H and O–H groups in total. The predicted molar refractivity (Wildman–Crippen MR) is 73.3 cm³/mol. The lowest BCUT2D eigenvalue weighted by Crippen LogP contribution is -2.02. The number of rotatable bonds is 5. The second-order valence-electron chi connectivity index (χ2n) is 4.20. The van der Waals surface area contributed by atoms with Crippen molar-refractivity contribution in [2.45, 2.75) is 6.61 Å². The Labute approximate surface area is 119 Å². The van der Waals surface area contributed by atoms with E-state index in [1.165, 1.54) is 18.2 Å². The Morgan fingerprint density at radius 2 is 1.90 bits per heavy atom. The van der Waals surface area contributed by atoms with Crippen LogP contribution in [0.5, 0.6) is 5.75 Å². The van der Waals surface area contributed by atoms with Crippen molar-refractivity contribution >= 4 is 11.4 Å². The van der Waals surface area contributed by atoms with Gasteiger partial charge in [0.05, 0.1) is 4.92 Å². The topological polar surface area (TPSA) is 64.4 Å². The lowest BCUT2D eigenvalue weighted by Gasteiger charge is -2.09. The van der Waals surface area contributed by atoms with E-state index >= 15 is 0 Å². The first-order valence-electron chi connectivity index (χ1n) is 6.05. The van der Waals surface area contributed by atoms with Crippen LogP contribution in [0.2, 0.25) is 0 Å². The van der Waals surface area contributed by atoms with Crippen LogP contribution in [0.15, 0.2) is 36.4 Å². The van der Waals surface area contributed by atoms with Gasteiger partial charge in [-0.15, -0.1) is 0 Å². The van der Waals surface area contributed by atoms with Gasteiger partial charge >= 0.3 is 0 Å². The molecule has 2 rings (SSSR count). The average molecular weight is 294 g/mol. The van der Waals surface area contributed by atoms with E-state index in [1.54, 1.807) is 13.1 Å². The number of anilines is 1. The van der Waals surface area contributed by atoms with Gasteiger partial charge in [0.15, 0.2) is 17.4 Å². The molecule has 0 aliphatic carbocycles. The molecule has 0 aliphatic rings. The molecular weight excluding hydrogens is 282 g/mol. The van der Waals surface area contributed by atoms with E-state index in [0.29, 0.717) is 11.3 Å². The molecule has 0 spiro atoms. The fourth-order valence-corrected chi connectivity index (χ4v) is 1.81. The maximum absolute atomic E-state index is 13.4. The van der Waals surface area contributed by atoms with Crippen molar-refractivity contribution in [2.24, 2.45) is 0 Å². The highest BCUT2D eigenvalue weighted by molar-refractivity contribution is 5.62. The lowest BCUT2D eigenvalue weighted by atomic mass is 10.2. The number of nitrogens with one attached hydrogen (secondary N) is 1. The molecule has 5 nitrogen and oxygen atoms in total. The summed E-state index contributed by atoms with van der Waals surface area (Å²) in [6.45, 7) is -0.178. The molecule has 0 bridgehead atoms. The van der Waals surface area contributed by atoms with Crippen LogP contribution in [-0.4, -0.2) is 12.0 Å². The SMILES string of the molecule is CNc1ccc(COc2c(F)cccc2F)cc1[N+](=O)[O-]. The van der Waals surface area contributed by atoms with Gasteiger partial charge in [0.1, 0.15) is 12.3 Å². The Bertz CT molecular complexity index is 657. The van der Waals surface area contributed by atoms with Gasteiger partial charge in [-0.2, -0.15) is 0 Å². The van der Waals surface area contributed by atoms with Gasteiger partial charge in [-0.1, -0.05) is 12.1 Å². The lowest BCUT2D eigenvalue weighted by molar-refractivity contribution is -0.384. The third-order valence-corrected chi connectivity index (χ3v) is 2.83. The van der Waals surface area contributed by atoms with Crippen LogP contribution in [-0.2, 0) is 6.61 Å². The highest BCUT2D eigenvalue weighted by Gasteiger charge is 2.15. The Hall–Kier alpha value is -2.70. The van der Waals surface area contributed by atoms with Gasteiger partial charge in [0.2, 0.25) is 0 Å². The molecule has 110 valence electrons. The number of para-hydroxylation sites is 1. The van der Waals surface area contributed by atoms with Gasteiger partial charge in [-0.25, -0.2) is 8.78 Å². The first-order chi connectivity index (χ1) is 10.0. The van der Waals surface area contributed by atoms with Crippen LogP contribution in [0.1, 0.15) is 5.56 Å². The zero-order chi connectivity index (χ0) is 15.4. The summed E-state index contributed by atoms with van der Waals surface area (Å²) in [4.78, 5) is 10.4. The third-order valence-electron chi connectivity index (χ3n) is 2.83. The Morgan fingerprint density at radius 3 is 2.48 bits per heavy atom. The molecule has 0 atom stereocenters. The van der Waals surface area contributed by atoms with E-state index in [2.05, 4.69) is 5.32 Å². The van der Waals surface area contributed by atoms with Gasteiger partial charge < -0.3 is 10.1 Å². The van der Waals surface area contributed by atoms with Gasteiger partial charge in [0, 0.05) is 13.1 Å². The summed E-state index contributed by atoms with van der Waals surface area (Å²) in [5, 5.41) is 13.6. The largest absolute Gasteiger partial charge is 0.483 e. The average Bonchev–Trinajstić information content (AvgIpc) is 2.46. The second kappa shape index (κ2) is 6.17. The first-order valence-corrected chi connectivity index (χ1v) is 6.05. The van der Waals surface area contributed by atoms with Gasteiger partial charge in [-0.05, 0) is 23.8 Å². The highest BCUT2D eigenvalue weighted by Crippen LogP contribution is 2.27. The molecule has 21 heavy (non-hydrogen) atoms. The van der Waals surface area contributed by atoms with Crippen molar-refractivity contribution in [3.8, 4) is 5.75 Å². The smallest absolute Gasteiger partial charge is 0.292 e. The standard InChI is InChI=1S/C14H12F2N2O3/c1-17-12-6-5-9(7-13(12)18(19)20)8-21-14-10(15)3-2-4-11(14)16/h2-7,17H,8H2,1H3. The minimum absolute atomic E-state index is 0.132. The summed E-state index contributed by atoms with van der Waals surface area (Å²) in [6.07, 6.45) is 0. The van der Waals surface area contributed by atoms with Crippen molar-refractivity contribution in [1.29, 1.82) is 0 Å². The summed E-state index contributed by atoms with van der Waals surface area (Å²) in [7, 11) is 1.56. The zero-order valence-electron chi connectivity index (χ0n) is 11.1. The Morgan fingerprint density at radius 1 is 1.24 bits per heavy atom. The molecule has 0 unspecified atom stereocenters. The summed E-state index contributed by atoms with van der Waals surface area (Å²) >= 11 is 0. The van der Waals surface area contributed by atoms with E-state index in [-0.39, 0.29) is 12.3 Å². The monoisotopic (exact) mass is 294 g/mol. The number of halogens is 2. The molecule has 0 saturated heterocycles. The van der Waals surface area contributed by atoms with Crippen LogP contribution < -0.4 is 10.1 Å². The molecule has 0 heterocycles. The maximum Gasteiger partial charge on any atom is 0.292 e. The van der Waals surface area contributed by atoms with E-state index < -0.39 is 22.3 Å². The van der Waals surface area contributed by atoms with Crippen LogP contribution >= 0.6 is 0 Å². The van der Waals surface area contributed by atoms with Gasteiger partial charge in [-0.3, -0.25) is 10.1 Å². The quantitative estimate of drug-likeness (QED) is 0.677. The molecule has 2 aromatic carbocycles. The summed E-state index contributed by atoms with van der Waals surface area (Å²) in [5.41, 5.74) is 0.650. The molecular formula is C14H12F2N2O3. The zero-order valence-corrected chi connectivity index (χ0v) is 11.1. The minimum Gasteiger partial charge on any atom is -0.483 e. The fourth-order valence-electron chi connectivity index (χ4n) is 1.81. The number of benzene rings is 2. The number of hydrogen-bond donors (Lipinski definition) is 1. The van der Waals surface area contributed by atoms with Crippen molar-refractivity contribution in [3.63, 3.8) is 0 Å². The van der Waals surface area contributed by atoms with E-state index in [1.807, 2.05) is 0 Å². The van der Waals surface area contributed by atoms with Gasteiger partial charge in [0.25, 0.3) is 5.69 Å².